The van der Waals surface area contributed by atoms with Crippen molar-refractivity contribution in [2.24, 2.45) is 11.8 Å². The number of hydrogen-bond donors (Lipinski definition) is 1. The van der Waals surface area contributed by atoms with Crippen molar-refractivity contribution in [1.82, 2.24) is 33.8 Å². The Morgan fingerprint density at radius 3 is 2.52 bits per heavy atom. The highest BCUT2D eigenvalue weighted by atomic mass is 32.2. The van der Waals surface area contributed by atoms with Gasteiger partial charge >= 0.3 is 0 Å². The molecule has 0 aromatic carbocycles. The van der Waals surface area contributed by atoms with Crippen LogP contribution in [0.4, 0.5) is 5.82 Å². The third kappa shape index (κ3) is 5.17. The molecule has 0 radical (unpaired) electrons. The molecule has 0 spiro atoms. The highest BCUT2D eigenvalue weighted by Crippen LogP contribution is 2.43. The van der Waals surface area contributed by atoms with Crippen LogP contribution in [-0.4, -0.2) is 67.6 Å². The summed E-state index contributed by atoms with van der Waals surface area (Å²) in [4.78, 5) is 37.0. The van der Waals surface area contributed by atoms with Gasteiger partial charge in [0.05, 0.1) is 29.2 Å². The lowest BCUT2D eigenvalue weighted by molar-refractivity contribution is 0.283. The van der Waals surface area contributed by atoms with Gasteiger partial charge in [-0.3, -0.25) is 9.36 Å². The summed E-state index contributed by atoms with van der Waals surface area (Å²) in [6, 6.07) is 1.70. The molecule has 210 valence electrons. The van der Waals surface area contributed by atoms with Gasteiger partial charge in [0.25, 0.3) is 5.56 Å². The Morgan fingerprint density at radius 1 is 1.10 bits per heavy atom. The largest absolute Gasteiger partial charge is 0.365 e. The summed E-state index contributed by atoms with van der Waals surface area (Å²) in [6.45, 7) is 5.24. The first-order valence-corrected chi connectivity index (χ1v) is 15.6. The molecule has 2 aliphatic carbocycles. The first-order chi connectivity index (χ1) is 19.3. The molecule has 6 rings (SSSR count). The van der Waals surface area contributed by atoms with Gasteiger partial charge in [-0.2, -0.15) is 5.26 Å². The fraction of sp³-hybridized carbons (Fsp3) is 0.593. The molecule has 40 heavy (non-hydrogen) atoms. The molecule has 1 aliphatic heterocycles. The molecule has 3 aromatic heterocycles. The van der Waals surface area contributed by atoms with Gasteiger partial charge in [-0.25, -0.2) is 37.6 Å². The first-order valence-electron chi connectivity index (χ1n) is 14.0. The van der Waals surface area contributed by atoms with Crippen LogP contribution >= 0.6 is 0 Å². The zero-order chi connectivity index (χ0) is 28.0. The van der Waals surface area contributed by atoms with Gasteiger partial charge in [0.1, 0.15) is 11.8 Å². The number of piperidine rings is 1. The predicted octanol–water partition coefficient (Wildman–Crippen LogP) is 2.78. The van der Waals surface area contributed by atoms with E-state index in [0.717, 1.165) is 42.6 Å². The van der Waals surface area contributed by atoms with Crippen LogP contribution in [0.1, 0.15) is 68.8 Å². The van der Waals surface area contributed by atoms with E-state index in [9.17, 15) is 13.2 Å². The maximum absolute atomic E-state index is 13.8. The van der Waals surface area contributed by atoms with Crippen LogP contribution in [0.15, 0.2) is 17.3 Å². The molecular formula is C27H33N9O3S. The lowest BCUT2D eigenvalue weighted by atomic mass is 9.98. The third-order valence-electron chi connectivity index (χ3n) is 8.37. The van der Waals surface area contributed by atoms with Gasteiger partial charge in [-0.1, -0.05) is 0 Å². The second kappa shape index (κ2) is 10.5. The number of nitrogens with zero attached hydrogens (tertiary/aromatic N) is 8. The van der Waals surface area contributed by atoms with Crippen LogP contribution in [0.2, 0.25) is 0 Å². The zero-order valence-corrected chi connectivity index (χ0v) is 23.6. The molecule has 3 aliphatic rings. The number of aryl methyl sites for hydroxylation is 1. The molecule has 1 N–H and O–H groups in total. The fourth-order valence-corrected chi connectivity index (χ4v) is 6.76. The minimum absolute atomic E-state index is 0.0362. The number of hydrogen-bond acceptors (Lipinski definition) is 10. The van der Waals surface area contributed by atoms with E-state index in [1.807, 2.05) is 6.92 Å². The number of sulfonamides is 1. The Balaban J connectivity index is 1.29. The predicted molar refractivity (Wildman–Crippen MR) is 149 cm³/mol. The van der Waals surface area contributed by atoms with E-state index in [0.29, 0.717) is 61.3 Å². The lowest BCUT2D eigenvalue weighted by Crippen LogP contribution is -2.41. The van der Waals surface area contributed by atoms with E-state index >= 15 is 0 Å². The number of nitrogens with one attached hydrogen (secondary N) is 1. The molecule has 12 nitrogen and oxygen atoms in total. The molecule has 3 fully saturated rings. The van der Waals surface area contributed by atoms with Crippen LogP contribution in [0.3, 0.4) is 0 Å². The molecular weight excluding hydrogens is 530 g/mol. The fourth-order valence-electron chi connectivity index (χ4n) is 5.64. The Labute approximate surface area is 233 Å². The van der Waals surface area contributed by atoms with Crippen LogP contribution in [-0.2, 0) is 10.0 Å². The van der Waals surface area contributed by atoms with Gasteiger partial charge in [-0.15, -0.1) is 0 Å². The smallest absolute Gasteiger partial charge is 0.295 e. The first kappa shape index (κ1) is 26.7. The van der Waals surface area contributed by atoms with Gasteiger partial charge in [0, 0.05) is 31.6 Å². The van der Waals surface area contributed by atoms with Crippen LogP contribution < -0.4 is 10.9 Å². The quantitative estimate of drug-likeness (QED) is 0.410. The number of fused-ring (bicyclic) bond motifs is 1. The molecule has 0 amide bonds. The van der Waals surface area contributed by atoms with Crippen LogP contribution in [0.25, 0.3) is 22.6 Å². The number of aromatic nitrogens is 6. The summed E-state index contributed by atoms with van der Waals surface area (Å²) >= 11 is 0. The van der Waals surface area contributed by atoms with Crippen LogP contribution in [0.5, 0.6) is 0 Å². The van der Waals surface area contributed by atoms with Crippen molar-refractivity contribution < 1.29 is 8.42 Å². The normalized spacial score (nSPS) is 19.4. The summed E-state index contributed by atoms with van der Waals surface area (Å²) in [5.41, 5.74) is 3.47. The second-order valence-corrected chi connectivity index (χ2v) is 13.2. The number of nitriles is 1. The molecule has 1 unspecified atom stereocenters. The average molecular weight is 564 g/mol. The van der Waals surface area contributed by atoms with Crippen molar-refractivity contribution in [3.05, 3.63) is 34.3 Å². The molecule has 2 saturated carbocycles. The SMILES string of the molecule is Cc1ncnc(C2CC2)c1-c1ncc2nc(NCC3CCN(S(=O)(=O)CC#N)CC3)c(=O)n(C(C)C3CC3)c2n1. The minimum atomic E-state index is -3.54. The molecule has 13 heteroatoms. The molecule has 1 atom stereocenters. The van der Waals surface area contributed by atoms with Gasteiger partial charge in [0.2, 0.25) is 10.0 Å². The zero-order valence-electron chi connectivity index (χ0n) is 22.7. The summed E-state index contributed by atoms with van der Waals surface area (Å²) < 4.78 is 27.6. The van der Waals surface area contributed by atoms with Crippen molar-refractivity contribution in [2.75, 3.05) is 30.7 Å². The van der Waals surface area contributed by atoms with E-state index < -0.39 is 15.8 Å². The second-order valence-electron chi connectivity index (χ2n) is 11.2. The van der Waals surface area contributed by atoms with Crippen molar-refractivity contribution in [3.8, 4) is 17.5 Å². The number of anilines is 1. The van der Waals surface area contributed by atoms with Crippen LogP contribution in [0, 0.1) is 30.1 Å². The summed E-state index contributed by atoms with van der Waals surface area (Å²) in [5.74, 6) is 1.26. The van der Waals surface area contributed by atoms with Crippen molar-refractivity contribution >= 4 is 27.0 Å². The Morgan fingerprint density at radius 2 is 1.85 bits per heavy atom. The highest BCUT2D eigenvalue weighted by Gasteiger charge is 2.34. The van der Waals surface area contributed by atoms with Gasteiger partial charge in [0.15, 0.2) is 23.0 Å². The Hall–Kier alpha value is -3.50. The summed E-state index contributed by atoms with van der Waals surface area (Å²) in [6.07, 6.45) is 8.88. The maximum Gasteiger partial charge on any atom is 0.295 e. The minimum Gasteiger partial charge on any atom is -0.365 e. The summed E-state index contributed by atoms with van der Waals surface area (Å²) in [5, 5.41) is 12.1. The standard InChI is InChI=1S/C27H33N9O3S/c1-16-22(23(20-5-6-20)32-15-31-16)24-30-14-21-26(34-24)36(17(2)19-3-4-19)27(37)25(33-21)29-13-18-7-10-35(11-8-18)40(38,39)12-9-28/h14-15,17-20H,3-8,10-13H2,1-2H3,(H,29,33). The lowest BCUT2D eigenvalue weighted by Gasteiger charge is -2.30. The monoisotopic (exact) mass is 563 g/mol. The van der Waals surface area contributed by atoms with Crippen molar-refractivity contribution in [3.63, 3.8) is 0 Å². The van der Waals surface area contributed by atoms with E-state index in [4.69, 9.17) is 10.2 Å². The summed E-state index contributed by atoms with van der Waals surface area (Å²) in [7, 11) is -3.54. The molecule has 3 aromatic rings. The molecule has 4 heterocycles. The number of rotatable bonds is 9. The van der Waals surface area contributed by atoms with E-state index in [2.05, 4.69) is 32.2 Å². The van der Waals surface area contributed by atoms with E-state index in [1.165, 1.54) is 4.31 Å². The van der Waals surface area contributed by atoms with Gasteiger partial charge in [-0.05, 0) is 64.2 Å². The van der Waals surface area contributed by atoms with E-state index in [-0.39, 0.29) is 23.3 Å². The topological polar surface area (TPSA) is 160 Å². The average Bonchev–Trinajstić information content (AvgIpc) is 3.85. The van der Waals surface area contributed by atoms with E-state index in [1.54, 1.807) is 23.2 Å². The van der Waals surface area contributed by atoms with Crippen molar-refractivity contribution in [1.29, 1.82) is 5.26 Å². The third-order valence-corrected chi connectivity index (χ3v) is 10.0. The molecule has 1 saturated heterocycles. The Bertz CT molecular complexity index is 1650. The van der Waals surface area contributed by atoms with Crippen molar-refractivity contribution in [2.45, 2.75) is 64.3 Å². The maximum atomic E-state index is 13.8. The Kier molecular flexibility index (Phi) is 7.00. The molecule has 0 bridgehead atoms. The highest BCUT2D eigenvalue weighted by molar-refractivity contribution is 7.89. The van der Waals surface area contributed by atoms with Gasteiger partial charge < -0.3 is 5.32 Å².